The fourth-order valence-corrected chi connectivity index (χ4v) is 2.06. The van der Waals surface area contributed by atoms with Crippen LogP contribution in [0.1, 0.15) is 12.0 Å². The third kappa shape index (κ3) is 2.70. The van der Waals surface area contributed by atoms with Crippen molar-refractivity contribution in [2.75, 3.05) is 13.1 Å². The molecule has 0 bridgehead atoms. The molecule has 1 aliphatic rings. The van der Waals surface area contributed by atoms with Crippen LogP contribution >= 0.6 is 0 Å². The molecule has 2 rings (SSSR count). The highest BCUT2D eigenvalue weighted by Gasteiger charge is 2.59. The topological polar surface area (TPSA) is 21.3 Å². The van der Waals surface area contributed by atoms with E-state index in [0.29, 0.717) is 6.07 Å². The van der Waals surface area contributed by atoms with Gasteiger partial charge in [-0.15, -0.1) is 0 Å². The van der Waals surface area contributed by atoms with Crippen molar-refractivity contribution in [1.29, 1.82) is 0 Å². The number of hydrogen-bond donors (Lipinski definition) is 1. The van der Waals surface area contributed by atoms with Gasteiger partial charge in [0.1, 0.15) is 5.75 Å². The molecule has 0 aliphatic carbocycles. The third-order valence-corrected chi connectivity index (χ3v) is 3.13. The lowest BCUT2D eigenvalue weighted by Gasteiger charge is -2.32. The zero-order valence-electron chi connectivity index (χ0n) is 10.1. The number of alkyl halides is 6. The first-order chi connectivity index (χ1) is 9.16. The van der Waals surface area contributed by atoms with Gasteiger partial charge in [0.15, 0.2) is 0 Å². The second-order valence-corrected chi connectivity index (χ2v) is 4.51. The number of ether oxygens (including phenoxy) is 1. The molecule has 1 N–H and O–H groups in total. The van der Waals surface area contributed by atoms with Gasteiger partial charge in [0.2, 0.25) is 5.60 Å². The fraction of sp³-hybridized carbons (Fsp3) is 0.500. The molecule has 0 saturated carbocycles. The number of rotatable bonds is 2. The first-order valence-electron chi connectivity index (χ1n) is 5.78. The number of para-hydroxylation sites is 1. The van der Waals surface area contributed by atoms with Crippen LogP contribution in [0, 0.1) is 0 Å². The number of hydrogen-bond acceptors (Lipinski definition) is 2. The lowest BCUT2D eigenvalue weighted by molar-refractivity contribution is -0.242. The molecular weight excluding hydrogens is 288 g/mol. The van der Waals surface area contributed by atoms with Gasteiger partial charge in [-0.1, -0.05) is 12.1 Å². The van der Waals surface area contributed by atoms with Gasteiger partial charge in [-0.3, -0.25) is 0 Å². The first kappa shape index (κ1) is 15.0. The minimum atomic E-state index is -4.77. The normalized spacial score (nSPS) is 23.9. The lowest BCUT2D eigenvalue weighted by atomic mass is 10.0. The Balaban J connectivity index is 2.38. The largest absolute Gasteiger partial charge is 0.476 e. The summed E-state index contributed by atoms with van der Waals surface area (Å²) >= 11 is 0. The van der Waals surface area contributed by atoms with Crippen molar-refractivity contribution in [3.63, 3.8) is 0 Å². The summed E-state index contributed by atoms with van der Waals surface area (Å²) in [4.78, 5) is 0. The molecule has 1 aliphatic heterocycles. The smallest absolute Gasteiger partial charge is 0.429 e. The third-order valence-electron chi connectivity index (χ3n) is 3.13. The first-order valence-corrected chi connectivity index (χ1v) is 5.78. The van der Waals surface area contributed by atoms with E-state index >= 15 is 0 Å². The second kappa shape index (κ2) is 4.83. The van der Waals surface area contributed by atoms with Crippen molar-refractivity contribution in [3.8, 4) is 5.75 Å². The van der Waals surface area contributed by atoms with E-state index in [1.165, 1.54) is 6.07 Å². The maximum absolute atomic E-state index is 13.1. The van der Waals surface area contributed by atoms with E-state index in [1.54, 1.807) is 0 Å². The average Bonchev–Trinajstić information content (AvgIpc) is 2.77. The Morgan fingerprint density at radius 3 is 2.20 bits per heavy atom. The van der Waals surface area contributed by atoms with E-state index in [1.807, 2.05) is 0 Å². The standard InChI is InChI=1S/C12H11F6NO/c13-11(14,15)8-3-1-2-4-9(8)20-10(12(16,17)18)5-6-19-7-10/h1-4,19H,5-7H2. The number of nitrogens with one attached hydrogen (secondary N) is 1. The SMILES string of the molecule is FC(F)(F)c1ccccc1OC1(C(F)(F)F)CCNC1. The van der Waals surface area contributed by atoms with Crippen LogP contribution in [0.15, 0.2) is 24.3 Å². The Hall–Kier alpha value is -1.44. The molecule has 1 saturated heterocycles. The van der Waals surface area contributed by atoms with Gasteiger partial charge < -0.3 is 10.1 Å². The average molecular weight is 299 g/mol. The molecule has 0 aromatic heterocycles. The van der Waals surface area contributed by atoms with Crippen LogP contribution in [0.4, 0.5) is 26.3 Å². The lowest BCUT2D eigenvalue weighted by Crippen LogP contribution is -2.52. The van der Waals surface area contributed by atoms with E-state index in [9.17, 15) is 26.3 Å². The van der Waals surface area contributed by atoms with E-state index in [2.05, 4.69) is 5.32 Å². The van der Waals surface area contributed by atoms with Crippen LogP contribution in [-0.2, 0) is 6.18 Å². The van der Waals surface area contributed by atoms with Gasteiger partial charge in [-0.2, -0.15) is 26.3 Å². The number of halogens is 6. The van der Waals surface area contributed by atoms with Crippen LogP contribution < -0.4 is 10.1 Å². The molecule has 2 nitrogen and oxygen atoms in total. The van der Waals surface area contributed by atoms with E-state index < -0.39 is 42.2 Å². The molecule has 0 spiro atoms. The van der Waals surface area contributed by atoms with E-state index in [-0.39, 0.29) is 6.54 Å². The quantitative estimate of drug-likeness (QED) is 0.845. The highest BCUT2D eigenvalue weighted by molar-refractivity contribution is 5.36. The van der Waals surface area contributed by atoms with Crippen LogP contribution in [0.5, 0.6) is 5.75 Å². The molecule has 1 aromatic carbocycles. The summed E-state index contributed by atoms with van der Waals surface area (Å²) in [5.41, 5.74) is -3.83. The fourth-order valence-electron chi connectivity index (χ4n) is 2.06. The Morgan fingerprint density at radius 1 is 1.05 bits per heavy atom. The molecule has 1 heterocycles. The van der Waals surface area contributed by atoms with Gasteiger partial charge in [-0.25, -0.2) is 0 Å². The highest BCUT2D eigenvalue weighted by atomic mass is 19.4. The summed E-state index contributed by atoms with van der Waals surface area (Å²) < 4.78 is 82.3. The summed E-state index contributed by atoms with van der Waals surface area (Å²) in [6.45, 7) is -0.531. The summed E-state index contributed by atoms with van der Waals surface area (Å²) in [5, 5.41) is 2.47. The van der Waals surface area contributed by atoms with E-state index in [0.717, 1.165) is 12.1 Å². The molecule has 0 amide bonds. The van der Waals surface area contributed by atoms with Crippen molar-refractivity contribution >= 4 is 0 Å². The molecule has 1 fully saturated rings. The van der Waals surface area contributed by atoms with Crippen LogP contribution in [0.2, 0.25) is 0 Å². The summed E-state index contributed by atoms with van der Waals surface area (Å²) in [7, 11) is 0. The Bertz CT molecular complexity index is 476. The highest BCUT2D eigenvalue weighted by Crippen LogP contribution is 2.43. The molecular formula is C12H11F6NO. The molecule has 8 heteroatoms. The molecule has 112 valence electrons. The maximum atomic E-state index is 13.1. The van der Waals surface area contributed by atoms with Crippen molar-refractivity contribution in [2.24, 2.45) is 0 Å². The van der Waals surface area contributed by atoms with E-state index in [4.69, 9.17) is 4.74 Å². The molecule has 1 unspecified atom stereocenters. The minimum Gasteiger partial charge on any atom is -0.476 e. The predicted molar refractivity (Wildman–Crippen MR) is 58.3 cm³/mol. The van der Waals surface area contributed by atoms with Crippen LogP contribution in [0.3, 0.4) is 0 Å². The molecule has 0 radical (unpaired) electrons. The van der Waals surface area contributed by atoms with Crippen molar-refractivity contribution in [1.82, 2.24) is 5.32 Å². The molecule has 1 aromatic rings. The Kier molecular flexibility index (Phi) is 3.62. The van der Waals surface area contributed by atoms with Gasteiger partial charge in [0.05, 0.1) is 5.56 Å². The number of benzene rings is 1. The monoisotopic (exact) mass is 299 g/mol. The Labute approximate surface area is 110 Å². The molecule has 20 heavy (non-hydrogen) atoms. The zero-order valence-corrected chi connectivity index (χ0v) is 10.1. The van der Waals surface area contributed by atoms with Crippen LogP contribution in [0.25, 0.3) is 0 Å². The van der Waals surface area contributed by atoms with Gasteiger partial charge in [0, 0.05) is 13.0 Å². The summed E-state index contributed by atoms with van der Waals surface area (Å²) in [6, 6.07) is 3.90. The summed E-state index contributed by atoms with van der Waals surface area (Å²) in [5.74, 6) is -0.805. The van der Waals surface area contributed by atoms with Crippen molar-refractivity contribution < 1.29 is 31.1 Å². The van der Waals surface area contributed by atoms with Crippen molar-refractivity contribution in [3.05, 3.63) is 29.8 Å². The minimum absolute atomic E-state index is 0.0354. The predicted octanol–water partition coefficient (Wildman–Crippen LogP) is 3.38. The summed E-state index contributed by atoms with van der Waals surface area (Å²) in [6.07, 6.45) is -9.95. The van der Waals surface area contributed by atoms with Gasteiger partial charge >= 0.3 is 12.4 Å². The van der Waals surface area contributed by atoms with Crippen LogP contribution in [-0.4, -0.2) is 24.9 Å². The van der Waals surface area contributed by atoms with Gasteiger partial charge in [-0.05, 0) is 18.7 Å². The second-order valence-electron chi connectivity index (χ2n) is 4.51. The maximum Gasteiger partial charge on any atom is 0.429 e. The Morgan fingerprint density at radius 2 is 1.70 bits per heavy atom. The van der Waals surface area contributed by atoms with Gasteiger partial charge in [0.25, 0.3) is 0 Å². The van der Waals surface area contributed by atoms with Crippen molar-refractivity contribution in [2.45, 2.75) is 24.4 Å². The zero-order chi connectivity index (χ0) is 15.0. The molecule has 1 atom stereocenters.